The minimum atomic E-state index is -1.10. The van der Waals surface area contributed by atoms with Crippen molar-refractivity contribution in [3.63, 3.8) is 0 Å². The summed E-state index contributed by atoms with van der Waals surface area (Å²) in [5, 5.41) is 12.4. The van der Waals surface area contributed by atoms with Crippen molar-refractivity contribution >= 4 is 46.4 Å². The predicted octanol–water partition coefficient (Wildman–Crippen LogP) is 3.90. The fourth-order valence-electron chi connectivity index (χ4n) is 2.44. The summed E-state index contributed by atoms with van der Waals surface area (Å²) in [5.74, 6) is -1.60. The van der Waals surface area contributed by atoms with E-state index in [0.717, 1.165) is 0 Å². The molecule has 0 unspecified atom stereocenters. The normalized spacial score (nSPS) is 10.8. The lowest BCUT2D eigenvalue weighted by Crippen LogP contribution is -2.14. The number of imidazole rings is 1. The minimum Gasteiger partial charge on any atom is -0.477 e. The highest BCUT2D eigenvalue weighted by Crippen LogP contribution is 2.26. The van der Waals surface area contributed by atoms with Crippen LogP contribution in [0.1, 0.15) is 26.5 Å². The molecule has 3 rings (SSSR count). The molecule has 0 fully saturated rings. The van der Waals surface area contributed by atoms with Gasteiger partial charge in [0, 0.05) is 6.20 Å². The van der Waals surface area contributed by atoms with Crippen LogP contribution in [0.5, 0.6) is 0 Å². The van der Waals surface area contributed by atoms with E-state index in [4.69, 9.17) is 23.2 Å². The predicted molar refractivity (Wildman–Crippen MR) is 91.3 cm³/mol. The van der Waals surface area contributed by atoms with E-state index in [1.807, 2.05) is 0 Å². The average Bonchev–Trinajstić information content (AvgIpc) is 2.84. The number of carbonyl (C=O) groups excluding carboxylic acids is 1. The van der Waals surface area contributed by atoms with Gasteiger partial charge in [-0.2, -0.15) is 0 Å². The van der Waals surface area contributed by atoms with E-state index in [1.165, 1.54) is 4.40 Å². The molecule has 0 saturated carbocycles. The first-order valence-corrected chi connectivity index (χ1v) is 7.62. The Labute approximate surface area is 146 Å². The number of amides is 1. The number of aryl methyl sites for hydroxylation is 1. The van der Waals surface area contributed by atoms with Crippen LogP contribution in [0.3, 0.4) is 0 Å². The maximum Gasteiger partial charge on any atom is 0.354 e. The van der Waals surface area contributed by atoms with Crippen LogP contribution in [0, 0.1) is 6.92 Å². The van der Waals surface area contributed by atoms with Gasteiger partial charge in [-0.05, 0) is 31.2 Å². The van der Waals surface area contributed by atoms with Crippen molar-refractivity contribution in [2.45, 2.75) is 6.92 Å². The maximum absolute atomic E-state index is 12.5. The van der Waals surface area contributed by atoms with Gasteiger partial charge in [-0.25, -0.2) is 9.78 Å². The van der Waals surface area contributed by atoms with E-state index in [9.17, 15) is 14.7 Å². The number of carboxylic acid groups (broad SMARTS) is 1. The monoisotopic (exact) mass is 363 g/mol. The number of aromatic carboxylic acids is 1. The van der Waals surface area contributed by atoms with Crippen molar-refractivity contribution < 1.29 is 14.7 Å². The number of carboxylic acids is 1. The smallest absolute Gasteiger partial charge is 0.354 e. The molecule has 122 valence electrons. The quantitative estimate of drug-likeness (QED) is 0.738. The molecule has 0 aliphatic carbocycles. The number of nitrogens with one attached hydrogen (secondary N) is 1. The molecule has 6 nitrogen and oxygen atoms in total. The van der Waals surface area contributed by atoms with Crippen molar-refractivity contribution in [1.82, 2.24) is 9.38 Å². The lowest BCUT2D eigenvalue weighted by Gasteiger charge is -2.09. The van der Waals surface area contributed by atoms with E-state index in [2.05, 4.69) is 10.3 Å². The standard InChI is InChI=1S/C16H11Cl2N3O3/c1-8-13(16(23)24)21-7-3-6-11(14(21)19-8)20-15(22)12-9(17)4-2-5-10(12)18/h2-7H,1H3,(H,20,22)(H,23,24). The van der Waals surface area contributed by atoms with Gasteiger partial charge in [-0.3, -0.25) is 9.20 Å². The number of nitrogens with zero attached hydrogens (tertiary/aromatic N) is 2. The van der Waals surface area contributed by atoms with Gasteiger partial charge >= 0.3 is 5.97 Å². The van der Waals surface area contributed by atoms with E-state index < -0.39 is 11.9 Å². The molecule has 2 aromatic heterocycles. The van der Waals surface area contributed by atoms with Gasteiger partial charge in [-0.1, -0.05) is 29.3 Å². The highest BCUT2D eigenvalue weighted by molar-refractivity contribution is 6.40. The number of halogens is 2. The average molecular weight is 364 g/mol. The Balaban J connectivity index is 2.07. The van der Waals surface area contributed by atoms with Crippen LogP contribution in [0.15, 0.2) is 36.5 Å². The molecule has 1 amide bonds. The van der Waals surface area contributed by atoms with Crippen LogP contribution in [-0.4, -0.2) is 26.4 Å². The Morgan fingerprint density at radius 2 is 1.83 bits per heavy atom. The molecule has 0 saturated heterocycles. The third kappa shape index (κ3) is 2.70. The van der Waals surface area contributed by atoms with Gasteiger partial charge in [0.1, 0.15) is 0 Å². The summed E-state index contributed by atoms with van der Waals surface area (Å²) in [6.45, 7) is 1.59. The summed E-state index contributed by atoms with van der Waals surface area (Å²) in [7, 11) is 0. The Morgan fingerprint density at radius 3 is 2.46 bits per heavy atom. The van der Waals surface area contributed by atoms with E-state index in [-0.39, 0.29) is 21.3 Å². The lowest BCUT2D eigenvalue weighted by atomic mass is 10.2. The molecular formula is C16H11Cl2N3O3. The van der Waals surface area contributed by atoms with Crippen LogP contribution in [-0.2, 0) is 0 Å². The highest BCUT2D eigenvalue weighted by atomic mass is 35.5. The van der Waals surface area contributed by atoms with Gasteiger partial charge in [-0.15, -0.1) is 0 Å². The van der Waals surface area contributed by atoms with Gasteiger partial charge in [0.25, 0.3) is 5.91 Å². The first-order valence-electron chi connectivity index (χ1n) is 6.86. The molecule has 0 aliphatic rings. The third-order valence-electron chi connectivity index (χ3n) is 3.46. The minimum absolute atomic E-state index is 0.0388. The van der Waals surface area contributed by atoms with Gasteiger partial charge in [0.2, 0.25) is 0 Å². The van der Waals surface area contributed by atoms with Crippen LogP contribution in [0.4, 0.5) is 5.69 Å². The zero-order valence-corrected chi connectivity index (χ0v) is 13.9. The Bertz CT molecular complexity index is 962. The molecule has 0 aliphatic heterocycles. The summed E-state index contributed by atoms with van der Waals surface area (Å²) in [6.07, 6.45) is 1.57. The van der Waals surface area contributed by atoms with E-state index in [1.54, 1.807) is 43.5 Å². The number of hydrogen-bond donors (Lipinski definition) is 2. The molecule has 2 heterocycles. The van der Waals surface area contributed by atoms with Crippen LogP contribution >= 0.6 is 23.2 Å². The Kier molecular flexibility index (Phi) is 4.17. The molecular weight excluding hydrogens is 353 g/mol. The SMILES string of the molecule is Cc1nc2c(NC(=O)c3c(Cl)cccc3Cl)cccn2c1C(=O)O. The zero-order chi connectivity index (χ0) is 17.4. The van der Waals surface area contributed by atoms with Crippen molar-refractivity contribution in [2.75, 3.05) is 5.32 Å². The summed E-state index contributed by atoms with van der Waals surface area (Å²) in [6, 6.07) is 8.00. The zero-order valence-electron chi connectivity index (χ0n) is 12.4. The van der Waals surface area contributed by atoms with Crippen molar-refractivity contribution in [1.29, 1.82) is 0 Å². The van der Waals surface area contributed by atoms with Crippen molar-refractivity contribution in [3.05, 3.63) is 63.5 Å². The van der Waals surface area contributed by atoms with Crippen LogP contribution in [0.2, 0.25) is 10.0 Å². The van der Waals surface area contributed by atoms with Crippen LogP contribution in [0.25, 0.3) is 5.65 Å². The lowest BCUT2D eigenvalue weighted by molar-refractivity contribution is 0.0688. The Morgan fingerprint density at radius 1 is 1.17 bits per heavy atom. The fourth-order valence-corrected chi connectivity index (χ4v) is 3.00. The number of rotatable bonds is 3. The fraction of sp³-hybridized carbons (Fsp3) is 0.0625. The molecule has 0 radical (unpaired) electrons. The van der Waals surface area contributed by atoms with Crippen molar-refractivity contribution in [2.24, 2.45) is 0 Å². The molecule has 0 atom stereocenters. The van der Waals surface area contributed by atoms with Gasteiger partial charge < -0.3 is 10.4 Å². The second-order valence-electron chi connectivity index (χ2n) is 5.02. The van der Waals surface area contributed by atoms with E-state index in [0.29, 0.717) is 17.0 Å². The van der Waals surface area contributed by atoms with E-state index >= 15 is 0 Å². The number of carbonyl (C=O) groups is 2. The molecule has 0 bridgehead atoms. The van der Waals surface area contributed by atoms with Crippen molar-refractivity contribution in [3.8, 4) is 0 Å². The topological polar surface area (TPSA) is 83.7 Å². The number of anilines is 1. The third-order valence-corrected chi connectivity index (χ3v) is 4.09. The van der Waals surface area contributed by atoms with Crippen LogP contribution < -0.4 is 5.32 Å². The highest BCUT2D eigenvalue weighted by Gasteiger charge is 2.20. The summed E-state index contributed by atoms with van der Waals surface area (Å²) < 4.78 is 1.40. The van der Waals surface area contributed by atoms with Gasteiger partial charge in [0.05, 0.1) is 27.0 Å². The molecule has 2 N–H and O–H groups in total. The number of fused-ring (bicyclic) bond motifs is 1. The Hall–Kier alpha value is -2.57. The molecule has 1 aromatic carbocycles. The molecule has 8 heteroatoms. The maximum atomic E-state index is 12.5. The number of aromatic nitrogens is 2. The second-order valence-corrected chi connectivity index (χ2v) is 5.83. The van der Waals surface area contributed by atoms with Gasteiger partial charge in [0.15, 0.2) is 11.3 Å². The first kappa shape index (κ1) is 16.3. The first-order chi connectivity index (χ1) is 11.4. The molecule has 3 aromatic rings. The second kappa shape index (κ2) is 6.14. The number of benzene rings is 1. The largest absolute Gasteiger partial charge is 0.477 e. The number of pyridine rings is 1. The summed E-state index contributed by atoms with van der Waals surface area (Å²) in [4.78, 5) is 28.1. The molecule has 24 heavy (non-hydrogen) atoms. The number of hydrogen-bond acceptors (Lipinski definition) is 3. The molecule has 0 spiro atoms. The summed E-state index contributed by atoms with van der Waals surface area (Å²) >= 11 is 12.1. The summed E-state index contributed by atoms with van der Waals surface area (Å²) in [5.41, 5.74) is 1.21.